The van der Waals surface area contributed by atoms with Crippen LogP contribution >= 0.6 is 0 Å². The molecule has 0 amide bonds. The molecule has 1 heterocycles. The molecule has 1 aliphatic heterocycles. The topological polar surface area (TPSA) is 39.7 Å². The van der Waals surface area contributed by atoms with Crippen LogP contribution in [-0.4, -0.2) is 44.1 Å². The van der Waals surface area contributed by atoms with Crippen molar-refractivity contribution in [1.82, 2.24) is 15.5 Å². The lowest BCUT2D eigenvalue weighted by Gasteiger charge is -2.30. The van der Waals surface area contributed by atoms with E-state index in [0.29, 0.717) is 18.0 Å². The van der Waals surface area contributed by atoms with Gasteiger partial charge in [-0.2, -0.15) is 0 Å². The van der Waals surface area contributed by atoms with Crippen LogP contribution in [0.15, 0.2) is 23.2 Å². The second kappa shape index (κ2) is 8.87. The fourth-order valence-corrected chi connectivity index (χ4v) is 3.00. The summed E-state index contributed by atoms with van der Waals surface area (Å²) in [5.41, 5.74) is 1.69. The Kier molecular flexibility index (Phi) is 6.84. The average molecular weight is 320 g/mol. The lowest BCUT2D eigenvalue weighted by molar-refractivity contribution is 0.210. The number of aliphatic imine (C=N–C) groups is 1. The van der Waals surface area contributed by atoms with E-state index in [4.69, 9.17) is 0 Å². The molecule has 2 N–H and O–H groups in total. The number of benzene rings is 1. The van der Waals surface area contributed by atoms with Crippen molar-refractivity contribution in [3.05, 3.63) is 35.1 Å². The third-order valence-corrected chi connectivity index (χ3v) is 4.27. The van der Waals surface area contributed by atoms with Gasteiger partial charge < -0.3 is 15.5 Å². The Labute approximate surface area is 139 Å². The number of hydrogen-bond donors (Lipinski definition) is 2. The molecule has 128 valence electrons. The van der Waals surface area contributed by atoms with Crippen molar-refractivity contribution in [3.63, 3.8) is 0 Å². The average Bonchev–Trinajstić information content (AvgIpc) is 2.53. The van der Waals surface area contributed by atoms with E-state index in [1.807, 2.05) is 6.07 Å². The molecule has 1 saturated heterocycles. The van der Waals surface area contributed by atoms with E-state index in [9.17, 15) is 4.39 Å². The maximum Gasteiger partial charge on any atom is 0.191 e. The molecular formula is C18H29FN4. The second-order valence-corrected chi connectivity index (χ2v) is 6.43. The summed E-state index contributed by atoms with van der Waals surface area (Å²) in [6.45, 7) is 8.52. The third kappa shape index (κ3) is 5.82. The molecule has 23 heavy (non-hydrogen) atoms. The van der Waals surface area contributed by atoms with Crippen LogP contribution in [0.2, 0.25) is 0 Å². The van der Waals surface area contributed by atoms with Gasteiger partial charge in [-0.15, -0.1) is 0 Å². The van der Waals surface area contributed by atoms with Gasteiger partial charge in [0.05, 0.1) is 6.54 Å². The molecule has 1 aliphatic rings. The van der Waals surface area contributed by atoms with Gasteiger partial charge in [-0.05, 0) is 63.4 Å². The van der Waals surface area contributed by atoms with Gasteiger partial charge in [-0.25, -0.2) is 9.38 Å². The largest absolute Gasteiger partial charge is 0.357 e. The molecule has 0 radical (unpaired) electrons. The van der Waals surface area contributed by atoms with Gasteiger partial charge in [0.2, 0.25) is 0 Å². The molecule has 1 aromatic rings. The summed E-state index contributed by atoms with van der Waals surface area (Å²) < 4.78 is 13.3. The maximum atomic E-state index is 13.3. The van der Waals surface area contributed by atoms with Gasteiger partial charge in [0, 0.05) is 19.6 Å². The lowest BCUT2D eigenvalue weighted by Crippen LogP contribution is -2.43. The van der Waals surface area contributed by atoms with E-state index in [0.717, 1.165) is 31.2 Å². The van der Waals surface area contributed by atoms with Crippen LogP contribution in [0.5, 0.6) is 0 Å². The minimum atomic E-state index is -0.163. The van der Waals surface area contributed by atoms with Crippen LogP contribution in [0.3, 0.4) is 0 Å². The van der Waals surface area contributed by atoms with Crippen LogP contribution in [0, 0.1) is 18.7 Å². The molecule has 0 spiro atoms. The van der Waals surface area contributed by atoms with E-state index in [2.05, 4.69) is 34.5 Å². The Hall–Kier alpha value is -1.62. The van der Waals surface area contributed by atoms with E-state index in [-0.39, 0.29) is 5.82 Å². The number of hydrogen-bond acceptors (Lipinski definition) is 2. The first-order valence-electron chi connectivity index (χ1n) is 8.54. The SMILES string of the molecule is CCNC(=NCc1ccc(F)c(C)c1)NCC1CCCN(C)C1. The number of piperidine rings is 1. The summed E-state index contributed by atoms with van der Waals surface area (Å²) >= 11 is 0. The summed E-state index contributed by atoms with van der Waals surface area (Å²) in [6, 6.07) is 5.17. The van der Waals surface area contributed by atoms with Crippen molar-refractivity contribution in [3.8, 4) is 0 Å². The monoisotopic (exact) mass is 320 g/mol. The summed E-state index contributed by atoms with van der Waals surface area (Å²) in [5, 5.41) is 6.73. The first kappa shape index (κ1) is 17.7. The highest BCUT2D eigenvalue weighted by atomic mass is 19.1. The Morgan fingerprint density at radius 2 is 2.22 bits per heavy atom. The summed E-state index contributed by atoms with van der Waals surface area (Å²) in [4.78, 5) is 7.01. The third-order valence-electron chi connectivity index (χ3n) is 4.27. The highest BCUT2D eigenvalue weighted by molar-refractivity contribution is 5.79. The molecule has 1 atom stereocenters. The van der Waals surface area contributed by atoms with E-state index < -0.39 is 0 Å². The summed E-state index contributed by atoms with van der Waals surface area (Å²) in [7, 11) is 2.18. The normalized spacial score (nSPS) is 19.7. The molecule has 1 aromatic carbocycles. The fraction of sp³-hybridized carbons (Fsp3) is 0.611. The number of guanidine groups is 1. The van der Waals surface area contributed by atoms with Gasteiger partial charge in [0.1, 0.15) is 5.82 Å². The molecule has 0 saturated carbocycles. The number of rotatable bonds is 5. The minimum Gasteiger partial charge on any atom is -0.357 e. The number of aryl methyl sites for hydroxylation is 1. The Balaban J connectivity index is 1.89. The zero-order valence-electron chi connectivity index (χ0n) is 14.5. The molecule has 0 bridgehead atoms. The predicted octanol–water partition coefficient (Wildman–Crippen LogP) is 2.53. The minimum absolute atomic E-state index is 0.163. The Morgan fingerprint density at radius 1 is 1.39 bits per heavy atom. The van der Waals surface area contributed by atoms with Crippen LogP contribution in [-0.2, 0) is 6.54 Å². The number of nitrogens with zero attached hydrogens (tertiary/aromatic N) is 2. The van der Waals surface area contributed by atoms with Crippen molar-refractivity contribution < 1.29 is 4.39 Å². The molecular weight excluding hydrogens is 291 g/mol. The molecule has 1 fully saturated rings. The van der Waals surface area contributed by atoms with Crippen molar-refractivity contribution in [2.45, 2.75) is 33.2 Å². The second-order valence-electron chi connectivity index (χ2n) is 6.43. The Morgan fingerprint density at radius 3 is 2.91 bits per heavy atom. The van der Waals surface area contributed by atoms with E-state index in [1.54, 1.807) is 13.0 Å². The fourth-order valence-electron chi connectivity index (χ4n) is 3.00. The molecule has 1 unspecified atom stereocenters. The lowest BCUT2D eigenvalue weighted by atomic mass is 9.99. The van der Waals surface area contributed by atoms with Gasteiger partial charge in [-0.1, -0.05) is 12.1 Å². The van der Waals surface area contributed by atoms with Crippen LogP contribution in [0.4, 0.5) is 4.39 Å². The molecule has 4 nitrogen and oxygen atoms in total. The first-order valence-corrected chi connectivity index (χ1v) is 8.54. The molecule has 0 aliphatic carbocycles. The molecule has 0 aromatic heterocycles. The number of nitrogens with one attached hydrogen (secondary N) is 2. The maximum absolute atomic E-state index is 13.3. The quantitative estimate of drug-likeness (QED) is 0.647. The highest BCUT2D eigenvalue weighted by Gasteiger charge is 2.17. The van der Waals surface area contributed by atoms with Gasteiger partial charge in [0.25, 0.3) is 0 Å². The van der Waals surface area contributed by atoms with Gasteiger partial charge in [-0.3, -0.25) is 0 Å². The van der Waals surface area contributed by atoms with Gasteiger partial charge in [0.15, 0.2) is 5.96 Å². The van der Waals surface area contributed by atoms with Crippen molar-refractivity contribution in [2.75, 3.05) is 33.2 Å². The zero-order valence-corrected chi connectivity index (χ0v) is 14.5. The summed E-state index contributed by atoms with van der Waals surface area (Å²) in [5.74, 6) is 1.34. The van der Waals surface area contributed by atoms with Crippen molar-refractivity contribution in [2.24, 2.45) is 10.9 Å². The van der Waals surface area contributed by atoms with Crippen molar-refractivity contribution in [1.29, 1.82) is 0 Å². The smallest absolute Gasteiger partial charge is 0.191 e. The predicted molar refractivity (Wildman–Crippen MR) is 94.2 cm³/mol. The standard InChI is InChI=1S/C18H29FN4/c1-4-20-18(22-12-16-6-5-9-23(3)13-16)21-11-15-7-8-17(19)14(2)10-15/h7-8,10,16H,4-6,9,11-13H2,1-3H3,(H2,20,21,22). The molecule has 5 heteroatoms. The van der Waals surface area contributed by atoms with Crippen LogP contribution < -0.4 is 10.6 Å². The first-order chi connectivity index (χ1) is 11.1. The van der Waals surface area contributed by atoms with E-state index >= 15 is 0 Å². The van der Waals surface area contributed by atoms with Crippen LogP contribution in [0.1, 0.15) is 30.9 Å². The van der Waals surface area contributed by atoms with Gasteiger partial charge >= 0.3 is 0 Å². The zero-order chi connectivity index (χ0) is 16.7. The van der Waals surface area contributed by atoms with Crippen LogP contribution in [0.25, 0.3) is 0 Å². The highest BCUT2D eigenvalue weighted by Crippen LogP contribution is 2.14. The van der Waals surface area contributed by atoms with Crippen molar-refractivity contribution >= 4 is 5.96 Å². The number of likely N-dealkylation sites (tertiary alicyclic amines) is 1. The van der Waals surface area contributed by atoms with E-state index in [1.165, 1.54) is 25.5 Å². The summed E-state index contributed by atoms with van der Waals surface area (Å²) in [6.07, 6.45) is 2.54. The Bertz CT molecular complexity index is 530. The molecule has 2 rings (SSSR count). The number of halogens is 1.